The van der Waals surface area contributed by atoms with Gasteiger partial charge in [0.25, 0.3) is 0 Å². The van der Waals surface area contributed by atoms with Gasteiger partial charge < -0.3 is 9.84 Å². The van der Waals surface area contributed by atoms with Crippen LogP contribution in [0, 0.1) is 0 Å². The summed E-state index contributed by atoms with van der Waals surface area (Å²) in [6, 6.07) is 5.53. The average molecular weight is 220 g/mol. The number of esters is 1. The van der Waals surface area contributed by atoms with Crippen LogP contribution in [0.4, 0.5) is 0 Å². The summed E-state index contributed by atoms with van der Waals surface area (Å²) in [6.07, 6.45) is 2.40. The number of ether oxygens (including phenoxy) is 1. The highest BCUT2D eigenvalue weighted by atomic mass is 16.5. The van der Waals surface area contributed by atoms with Gasteiger partial charge in [-0.2, -0.15) is 5.10 Å². The van der Waals surface area contributed by atoms with Crippen molar-refractivity contribution < 1.29 is 14.6 Å². The number of aromatic nitrogens is 2. The number of aliphatic hydroxyl groups is 1. The Labute approximate surface area is 92.3 Å². The third-order valence-electron chi connectivity index (χ3n) is 2.40. The summed E-state index contributed by atoms with van der Waals surface area (Å²) < 4.78 is 6.15. The van der Waals surface area contributed by atoms with Crippen molar-refractivity contribution >= 4 is 11.5 Å². The largest absolute Gasteiger partial charge is 0.469 e. The van der Waals surface area contributed by atoms with Gasteiger partial charge in [-0.05, 0) is 12.1 Å². The fraction of sp³-hybridized carbons (Fsp3) is 0.273. The molecule has 2 aromatic rings. The van der Waals surface area contributed by atoms with Crippen LogP contribution in [0.3, 0.4) is 0 Å². The predicted molar refractivity (Wildman–Crippen MR) is 56.8 cm³/mol. The zero-order valence-electron chi connectivity index (χ0n) is 8.83. The number of pyridine rings is 1. The maximum atomic E-state index is 11.0. The van der Waals surface area contributed by atoms with Gasteiger partial charge in [-0.3, -0.25) is 4.79 Å². The average Bonchev–Trinajstić information content (AvgIpc) is 2.72. The number of aliphatic hydroxyl groups excluding tert-OH is 1. The van der Waals surface area contributed by atoms with E-state index in [0.717, 1.165) is 5.52 Å². The van der Waals surface area contributed by atoms with E-state index in [4.69, 9.17) is 0 Å². The van der Waals surface area contributed by atoms with E-state index in [-0.39, 0.29) is 6.42 Å². The molecule has 84 valence electrons. The molecule has 16 heavy (non-hydrogen) atoms. The molecule has 2 aromatic heterocycles. The Hall–Kier alpha value is -1.88. The highest BCUT2D eigenvalue weighted by molar-refractivity contribution is 5.71. The first kappa shape index (κ1) is 10.6. The van der Waals surface area contributed by atoms with Gasteiger partial charge >= 0.3 is 5.97 Å². The van der Waals surface area contributed by atoms with Gasteiger partial charge in [0.15, 0.2) is 0 Å². The second kappa shape index (κ2) is 4.32. The molecule has 5 nitrogen and oxygen atoms in total. The lowest BCUT2D eigenvalue weighted by Crippen LogP contribution is -2.07. The molecule has 0 spiro atoms. The first-order valence-electron chi connectivity index (χ1n) is 4.89. The van der Waals surface area contributed by atoms with Gasteiger partial charge in [-0.25, -0.2) is 4.52 Å². The van der Waals surface area contributed by atoms with Crippen LogP contribution in [0.1, 0.15) is 18.1 Å². The SMILES string of the molecule is COC(=O)C[C@H](O)c1cnn2ccccc12. The normalized spacial score (nSPS) is 12.6. The van der Waals surface area contributed by atoms with E-state index in [9.17, 15) is 9.90 Å². The molecule has 5 heteroatoms. The molecule has 1 atom stereocenters. The lowest BCUT2D eigenvalue weighted by molar-refractivity contribution is -0.142. The first-order valence-corrected chi connectivity index (χ1v) is 4.89. The molecule has 0 saturated heterocycles. The van der Waals surface area contributed by atoms with Crippen LogP contribution in [0.25, 0.3) is 5.52 Å². The topological polar surface area (TPSA) is 63.8 Å². The van der Waals surface area contributed by atoms with Crippen LogP contribution in [-0.4, -0.2) is 27.8 Å². The molecule has 0 unspecified atom stereocenters. The quantitative estimate of drug-likeness (QED) is 0.781. The van der Waals surface area contributed by atoms with E-state index in [1.54, 1.807) is 16.9 Å². The third kappa shape index (κ3) is 1.90. The summed E-state index contributed by atoms with van der Waals surface area (Å²) >= 11 is 0. The fourth-order valence-electron chi connectivity index (χ4n) is 1.56. The van der Waals surface area contributed by atoms with Crippen molar-refractivity contribution in [1.82, 2.24) is 9.61 Å². The van der Waals surface area contributed by atoms with Crippen molar-refractivity contribution in [2.75, 3.05) is 7.11 Å². The second-order valence-electron chi connectivity index (χ2n) is 3.43. The molecule has 2 rings (SSSR count). The third-order valence-corrected chi connectivity index (χ3v) is 2.40. The first-order chi connectivity index (χ1) is 7.72. The zero-order valence-corrected chi connectivity index (χ0v) is 8.83. The molecule has 0 aliphatic carbocycles. The molecule has 0 aliphatic heterocycles. The van der Waals surface area contributed by atoms with Gasteiger partial charge in [0.1, 0.15) is 0 Å². The summed E-state index contributed by atoms with van der Waals surface area (Å²) in [7, 11) is 1.30. The summed E-state index contributed by atoms with van der Waals surface area (Å²) in [5, 5.41) is 13.9. The van der Waals surface area contributed by atoms with Crippen molar-refractivity contribution in [2.24, 2.45) is 0 Å². The summed E-state index contributed by atoms with van der Waals surface area (Å²) in [4.78, 5) is 11.0. The number of hydrogen-bond acceptors (Lipinski definition) is 4. The van der Waals surface area contributed by atoms with E-state index in [2.05, 4.69) is 9.84 Å². The molecular weight excluding hydrogens is 208 g/mol. The lowest BCUT2D eigenvalue weighted by atomic mass is 10.1. The predicted octanol–water partition coefficient (Wildman–Crippen LogP) is 0.931. The number of nitrogens with zero attached hydrogens (tertiary/aromatic N) is 2. The summed E-state index contributed by atoms with van der Waals surface area (Å²) in [6.45, 7) is 0. The van der Waals surface area contributed by atoms with E-state index >= 15 is 0 Å². The number of carbonyl (C=O) groups excluding carboxylic acids is 1. The molecule has 2 heterocycles. The Bertz CT molecular complexity index is 507. The molecule has 0 amide bonds. The maximum Gasteiger partial charge on any atom is 0.308 e. The van der Waals surface area contributed by atoms with Crippen LogP contribution >= 0.6 is 0 Å². The number of rotatable bonds is 3. The number of hydrogen-bond donors (Lipinski definition) is 1. The minimum absolute atomic E-state index is 0.0628. The van der Waals surface area contributed by atoms with Crippen LogP contribution in [0.2, 0.25) is 0 Å². The zero-order chi connectivity index (χ0) is 11.5. The van der Waals surface area contributed by atoms with E-state index in [0.29, 0.717) is 5.56 Å². The molecule has 0 radical (unpaired) electrons. The van der Waals surface area contributed by atoms with E-state index < -0.39 is 12.1 Å². The van der Waals surface area contributed by atoms with Crippen LogP contribution in [0.5, 0.6) is 0 Å². The van der Waals surface area contributed by atoms with Crippen molar-refractivity contribution in [3.8, 4) is 0 Å². The van der Waals surface area contributed by atoms with Crippen molar-refractivity contribution in [3.63, 3.8) is 0 Å². The highest BCUT2D eigenvalue weighted by Gasteiger charge is 2.17. The van der Waals surface area contributed by atoms with E-state index in [1.807, 2.05) is 18.2 Å². The highest BCUT2D eigenvalue weighted by Crippen LogP contribution is 2.21. The van der Waals surface area contributed by atoms with Gasteiger partial charge in [-0.1, -0.05) is 6.07 Å². The molecule has 0 aromatic carbocycles. The molecule has 0 fully saturated rings. The van der Waals surface area contributed by atoms with E-state index in [1.165, 1.54) is 7.11 Å². The van der Waals surface area contributed by atoms with Gasteiger partial charge in [-0.15, -0.1) is 0 Å². The van der Waals surface area contributed by atoms with Gasteiger partial charge in [0, 0.05) is 11.8 Å². The fourth-order valence-corrected chi connectivity index (χ4v) is 1.56. The van der Waals surface area contributed by atoms with Crippen molar-refractivity contribution in [2.45, 2.75) is 12.5 Å². The smallest absolute Gasteiger partial charge is 0.308 e. The minimum atomic E-state index is -0.882. The Morgan fingerprint density at radius 3 is 3.19 bits per heavy atom. The van der Waals surface area contributed by atoms with Crippen molar-refractivity contribution in [3.05, 3.63) is 36.2 Å². The molecule has 0 saturated carbocycles. The van der Waals surface area contributed by atoms with Gasteiger partial charge in [0.2, 0.25) is 0 Å². The number of carbonyl (C=O) groups is 1. The number of methoxy groups -OCH3 is 1. The Morgan fingerprint density at radius 2 is 2.44 bits per heavy atom. The Kier molecular flexibility index (Phi) is 2.87. The molecule has 0 bridgehead atoms. The maximum absolute atomic E-state index is 11.0. The monoisotopic (exact) mass is 220 g/mol. The second-order valence-corrected chi connectivity index (χ2v) is 3.43. The van der Waals surface area contributed by atoms with Crippen molar-refractivity contribution in [1.29, 1.82) is 0 Å². The molecule has 0 aliphatic rings. The summed E-state index contributed by atoms with van der Waals surface area (Å²) in [5.41, 5.74) is 1.42. The van der Waals surface area contributed by atoms with Crippen LogP contribution < -0.4 is 0 Å². The molecule has 1 N–H and O–H groups in total. The lowest BCUT2D eigenvalue weighted by Gasteiger charge is -2.07. The Morgan fingerprint density at radius 1 is 1.62 bits per heavy atom. The molecular formula is C11H12N2O3. The number of fused-ring (bicyclic) bond motifs is 1. The van der Waals surface area contributed by atoms with Crippen LogP contribution in [0.15, 0.2) is 30.6 Å². The van der Waals surface area contributed by atoms with Gasteiger partial charge in [0.05, 0.1) is 31.3 Å². The Balaban J connectivity index is 2.29. The minimum Gasteiger partial charge on any atom is -0.469 e. The summed E-state index contributed by atoms with van der Waals surface area (Å²) in [5.74, 6) is -0.442. The standard InChI is InChI=1S/C11H12N2O3/c1-16-11(15)6-10(14)8-7-12-13-5-3-2-4-9(8)13/h2-5,7,10,14H,6H2,1H3/t10-/m0/s1. The van der Waals surface area contributed by atoms with Crippen LogP contribution in [-0.2, 0) is 9.53 Å².